The largest absolute Gasteiger partial charge is 0.481 e. The maximum absolute atomic E-state index is 11.3. The molecule has 5 heteroatoms. The number of hydrogen-bond acceptors (Lipinski definition) is 3. The highest BCUT2D eigenvalue weighted by Crippen LogP contribution is 2.45. The van der Waals surface area contributed by atoms with Gasteiger partial charge in [-0.2, -0.15) is 0 Å². The minimum Gasteiger partial charge on any atom is -0.481 e. The molecule has 1 aliphatic heterocycles. The first-order chi connectivity index (χ1) is 8.52. The number of fused-ring (bicyclic) bond motifs is 1. The molecule has 0 saturated heterocycles. The Kier molecular flexibility index (Phi) is 2.33. The van der Waals surface area contributed by atoms with Crippen LogP contribution in [0.3, 0.4) is 0 Å². The number of hydrogen-bond donors (Lipinski definition) is 1. The third-order valence-corrected chi connectivity index (χ3v) is 4.09. The van der Waals surface area contributed by atoms with Crippen LogP contribution in [0.1, 0.15) is 36.2 Å². The molecular weight excluding hydrogens is 232 g/mol. The SMILES string of the molecule is CN1CC2(CCCC2)Oc2c1cn(C)c2C(=O)O. The number of carbonyl (C=O) groups is 1. The highest BCUT2D eigenvalue weighted by molar-refractivity contribution is 5.92. The van der Waals surface area contributed by atoms with Crippen molar-refractivity contribution in [3.8, 4) is 5.75 Å². The first-order valence-electron chi connectivity index (χ1n) is 6.35. The molecule has 0 amide bonds. The van der Waals surface area contributed by atoms with Crippen LogP contribution in [0, 0.1) is 0 Å². The molecule has 98 valence electrons. The van der Waals surface area contributed by atoms with Crippen LogP contribution in [0.4, 0.5) is 5.69 Å². The second-order valence-corrected chi connectivity index (χ2v) is 5.46. The number of carboxylic acids is 1. The van der Waals surface area contributed by atoms with Gasteiger partial charge in [-0.15, -0.1) is 0 Å². The van der Waals surface area contributed by atoms with Gasteiger partial charge in [-0.3, -0.25) is 0 Å². The van der Waals surface area contributed by atoms with E-state index < -0.39 is 5.97 Å². The molecule has 1 aromatic heterocycles. The van der Waals surface area contributed by atoms with Gasteiger partial charge in [0.05, 0.1) is 12.2 Å². The predicted molar refractivity (Wildman–Crippen MR) is 67.5 cm³/mol. The van der Waals surface area contributed by atoms with Crippen molar-refractivity contribution < 1.29 is 14.6 Å². The Morgan fingerprint density at radius 2 is 2.06 bits per heavy atom. The highest BCUT2D eigenvalue weighted by atomic mass is 16.5. The van der Waals surface area contributed by atoms with Gasteiger partial charge in [-0.25, -0.2) is 4.79 Å². The van der Waals surface area contributed by atoms with Crippen molar-refractivity contribution in [1.82, 2.24) is 4.57 Å². The molecule has 0 atom stereocenters. The van der Waals surface area contributed by atoms with E-state index in [9.17, 15) is 9.90 Å². The summed E-state index contributed by atoms with van der Waals surface area (Å²) in [6.45, 7) is 0.850. The fourth-order valence-electron chi connectivity index (χ4n) is 3.25. The van der Waals surface area contributed by atoms with Crippen LogP contribution in [-0.2, 0) is 7.05 Å². The van der Waals surface area contributed by atoms with E-state index in [1.54, 1.807) is 11.6 Å². The second kappa shape index (κ2) is 3.67. The van der Waals surface area contributed by atoms with E-state index in [2.05, 4.69) is 4.90 Å². The molecule has 2 heterocycles. The number of carboxylic acid groups (broad SMARTS) is 1. The number of aromatic nitrogens is 1. The lowest BCUT2D eigenvalue weighted by Gasteiger charge is -2.40. The van der Waals surface area contributed by atoms with Gasteiger partial charge in [0.25, 0.3) is 0 Å². The lowest BCUT2D eigenvalue weighted by molar-refractivity contribution is 0.0612. The van der Waals surface area contributed by atoms with Crippen LogP contribution in [0.25, 0.3) is 0 Å². The molecule has 3 rings (SSSR count). The zero-order chi connectivity index (χ0) is 12.9. The minimum atomic E-state index is -0.929. The molecule has 5 nitrogen and oxygen atoms in total. The summed E-state index contributed by atoms with van der Waals surface area (Å²) in [6, 6.07) is 0. The molecule has 1 spiro atoms. The molecular formula is C13H18N2O3. The Morgan fingerprint density at radius 3 is 2.67 bits per heavy atom. The summed E-state index contributed by atoms with van der Waals surface area (Å²) in [7, 11) is 3.76. The Labute approximate surface area is 106 Å². The third kappa shape index (κ3) is 1.50. The summed E-state index contributed by atoms with van der Waals surface area (Å²) in [5, 5.41) is 9.31. The zero-order valence-electron chi connectivity index (χ0n) is 10.8. The normalized spacial score (nSPS) is 20.9. The summed E-state index contributed by atoms with van der Waals surface area (Å²) in [5.74, 6) is -0.386. The summed E-state index contributed by atoms with van der Waals surface area (Å²) >= 11 is 0. The third-order valence-electron chi connectivity index (χ3n) is 4.09. The van der Waals surface area contributed by atoms with Gasteiger partial charge in [0, 0.05) is 20.3 Å². The molecule has 1 saturated carbocycles. The number of ether oxygens (including phenoxy) is 1. The standard InChI is InChI=1S/C13H18N2O3/c1-14-7-9-11(10(14)12(16)17)18-13(8-15(9)2)5-3-4-6-13/h7H,3-6,8H2,1-2H3,(H,16,17). The molecule has 0 bridgehead atoms. The first kappa shape index (κ1) is 11.4. The molecule has 1 fully saturated rings. The fraction of sp³-hybridized carbons (Fsp3) is 0.615. The van der Waals surface area contributed by atoms with Crippen LogP contribution in [-0.4, -0.2) is 34.8 Å². The van der Waals surface area contributed by atoms with E-state index in [-0.39, 0.29) is 11.3 Å². The van der Waals surface area contributed by atoms with E-state index >= 15 is 0 Å². The summed E-state index contributed by atoms with van der Waals surface area (Å²) in [6.07, 6.45) is 6.20. The molecule has 1 aliphatic carbocycles. The van der Waals surface area contributed by atoms with E-state index in [4.69, 9.17) is 4.74 Å². The van der Waals surface area contributed by atoms with Gasteiger partial charge >= 0.3 is 5.97 Å². The van der Waals surface area contributed by atoms with Crippen LogP contribution in [0.15, 0.2) is 6.20 Å². The van der Waals surface area contributed by atoms with Crippen molar-refractivity contribution in [3.63, 3.8) is 0 Å². The van der Waals surface area contributed by atoms with Crippen molar-refractivity contribution in [2.24, 2.45) is 7.05 Å². The average molecular weight is 250 g/mol. The van der Waals surface area contributed by atoms with Crippen LogP contribution >= 0.6 is 0 Å². The Balaban J connectivity index is 2.08. The maximum Gasteiger partial charge on any atom is 0.356 e. The number of aromatic carboxylic acids is 1. The molecule has 1 aromatic rings. The Hall–Kier alpha value is -1.65. The second-order valence-electron chi connectivity index (χ2n) is 5.46. The van der Waals surface area contributed by atoms with Crippen molar-refractivity contribution in [3.05, 3.63) is 11.9 Å². The average Bonchev–Trinajstić information content (AvgIpc) is 2.83. The molecule has 18 heavy (non-hydrogen) atoms. The fourth-order valence-corrected chi connectivity index (χ4v) is 3.25. The van der Waals surface area contributed by atoms with Gasteiger partial charge < -0.3 is 19.3 Å². The smallest absolute Gasteiger partial charge is 0.356 e. The number of nitrogens with zero attached hydrogens (tertiary/aromatic N) is 2. The van der Waals surface area contributed by atoms with Gasteiger partial charge in [0.1, 0.15) is 5.60 Å². The molecule has 1 N–H and O–H groups in total. The number of aryl methyl sites for hydroxylation is 1. The van der Waals surface area contributed by atoms with Crippen molar-refractivity contribution in [1.29, 1.82) is 0 Å². The quantitative estimate of drug-likeness (QED) is 0.826. The van der Waals surface area contributed by atoms with E-state index in [0.717, 1.165) is 25.1 Å². The van der Waals surface area contributed by atoms with Gasteiger partial charge in [0.15, 0.2) is 11.4 Å². The molecule has 2 aliphatic rings. The van der Waals surface area contributed by atoms with Crippen molar-refractivity contribution >= 4 is 11.7 Å². The predicted octanol–water partition coefficient (Wildman–Crippen LogP) is 1.86. The number of rotatable bonds is 1. The summed E-state index contributed by atoms with van der Waals surface area (Å²) in [5.41, 5.74) is 0.961. The molecule has 0 radical (unpaired) electrons. The highest BCUT2D eigenvalue weighted by Gasteiger charge is 2.43. The van der Waals surface area contributed by atoms with Crippen molar-refractivity contribution in [2.75, 3.05) is 18.5 Å². The Morgan fingerprint density at radius 1 is 1.39 bits per heavy atom. The van der Waals surface area contributed by atoms with Crippen LogP contribution in [0.2, 0.25) is 0 Å². The Bertz CT molecular complexity index is 501. The summed E-state index contributed by atoms with van der Waals surface area (Å²) in [4.78, 5) is 13.5. The van der Waals surface area contributed by atoms with Crippen molar-refractivity contribution in [2.45, 2.75) is 31.3 Å². The molecule has 0 unspecified atom stereocenters. The van der Waals surface area contributed by atoms with E-state index in [1.807, 2.05) is 13.2 Å². The first-order valence-corrected chi connectivity index (χ1v) is 6.35. The maximum atomic E-state index is 11.3. The number of likely N-dealkylation sites (N-methyl/N-ethyl adjacent to an activating group) is 1. The minimum absolute atomic E-state index is 0.173. The van der Waals surface area contributed by atoms with Gasteiger partial charge in [-0.1, -0.05) is 0 Å². The number of anilines is 1. The van der Waals surface area contributed by atoms with Crippen LogP contribution < -0.4 is 9.64 Å². The van der Waals surface area contributed by atoms with Gasteiger partial charge in [0.2, 0.25) is 0 Å². The lowest BCUT2D eigenvalue weighted by Crippen LogP contribution is -2.47. The zero-order valence-corrected chi connectivity index (χ0v) is 10.8. The molecule has 0 aromatic carbocycles. The monoisotopic (exact) mass is 250 g/mol. The van der Waals surface area contributed by atoms with Gasteiger partial charge in [-0.05, 0) is 25.7 Å². The van der Waals surface area contributed by atoms with Crippen LogP contribution in [0.5, 0.6) is 5.75 Å². The lowest BCUT2D eigenvalue weighted by atomic mass is 9.99. The summed E-state index contributed by atoms with van der Waals surface area (Å²) < 4.78 is 7.76. The van der Waals surface area contributed by atoms with E-state index in [0.29, 0.717) is 5.75 Å². The van der Waals surface area contributed by atoms with E-state index in [1.165, 1.54) is 12.8 Å². The topological polar surface area (TPSA) is 54.7 Å².